The van der Waals surface area contributed by atoms with Crippen LogP contribution in [0.3, 0.4) is 0 Å². The maximum Gasteiger partial charge on any atom is -0.00668 e. The van der Waals surface area contributed by atoms with E-state index in [0.717, 1.165) is 0 Å². The zero-order valence-corrected chi connectivity index (χ0v) is 10.7. The first kappa shape index (κ1) is 11.0. The van der Waals surface area contributed by atoms with E-state index < -0.39 is 0 Å². The third-order valence-corrected chi connectivity index (χ3v) is 3.23. The van der Waals surface area contributed by atoms with Crippen molar-refractivity contribution in [3.63, 3.8) is 0 Å². The van der Waals surface area contributed by atoms with E-state index >= 15 is 0 Å². The van der Waals surface area contributed by atoms with E-state index in [9.17, 15) is 0 Å². The number of fused-ring (bicyclic) bond motifs is 1. The van der Waals surface area contributed by atoms with E-state index in [1.165, 1.54) is 33.0 Å². The van der Waals surface area contributed by atoms with Gasteiger partial charge >= 0.3 is 0 Å². The molecule has 0 aliphatic heterocycles. The fourth-order valence-electron chi connectivity index (χ4n) is 2.50. The van der Waals surface area contributed by atoms with Gasteiger partial charge in [-0.05, 0) is 47.4 Å². The van der Waals surface area contributed by atoms with E-state index in [4.69, 9.17) is 0 Å². The molecule has 1 radical (unpaired) electrons. The summed E-state index contributed by atoms with van der Waals surface area (Å²) in [6.07, 6.45) is 0. The van der Waals surface area contributed by atoms with Crippen molar-refractivity contribution in [1.29, 1.82) is 0 Å². The van der Waals surface area contributed by atoms with Crippen molar-refractivity contribution in [2.24, 2.45) is 0 Å². The molecule has 0 aromatic heterocycles. The molecule has 0 bridgehead atoms. The number of hydrogen-bond acceptors (Lipinski definition) is 0. The minimum atomic E-state index is 1.18. The summed E-state index contributed by atoms with van der Waals surface area (Å²) in [7, 11) is 0. The van der Waals surface area contributed by atoms with Crippen LogP contribution in [-0.2, 0) is 0 Å². The number of hydrogen-bond donors (Lipinski definition) is 0. The number of rotatable bonds is 1. The zero-order chi connectivity index (χ0) is 12.5. The molecule has 3 rings (SSSR count). The fourth-order valence-corrected chi connectivity index (χ4v) is 2.50. The molecule has 0 heterocycles. The van der Waals surface area contributed by atoms with Crippen LogP contribution in [0, 0.1) is 19.9 Å². The lowest BCUT2D eigenvalue weighted by Crippen LogP contribution is -1.85. The van der Waals surface area contributed by atoms with Gasteiger partial charge in [0.2, 0.25) is 0 Å². The lowest BCUT2D eigenvalue weighted by atomic mass is 9.96. The molecule has 3 aromatic carbocycles. The second kappa shape index (κ2) is 4.30. The molecular weight excluding hydrogens is 216 g/mol. The van der Waals surface area contributed by atoms with Crippen LogP contribution in [0.5, 0.6) is 0 Å². The molecule has 0 fully saturated rings. The van der Waals surface area contributed by atoms with E-state index in [1.807, 2.05) is 0 Å². The summed E-state index contributed by atoms with van der Waals surface area (Å²) in [5.41, 5.74) is 4.93. The van der Waals surface area contributed by atoms with Crippen LogP contribution in [0.4, 0.5) is 0 Å². The van der Waals surface area contributed by atoms with Crippen LogP contribution in [0.15, 0.2) is 54.6 Å². The highest BCUT2D eigenvalue weighted by molar-refractivity contribution is 5.96. The maximum atomic E-state index is 3.46. The lowest BCUT2D eigenvalue weighted by Gasteiger charge is -2.08. The third kappa shape index (κ3) is 1.91. The molecule has 0 amide bonds. The van der Waals surface area contributed by atoms with Crippen LogP contribution < -0.4 is 0 Å². The number of aryl methyl sites for hydroxylation is 2. The minimum absolute atomic E-state index is 1.18. The Morgan fingerprint density at radius 2 is 1.61 bits per heavy atom. The Bertz CT molecular complexity index is 683. The Morgan fingerprint density at radius 3 is 2.44 bits per heavy atom. The summed E-state index contributed by atoms with van der Waals surface area (Å²) in [5.74, 6) is 0. The molecule has 0 saturated heterocycles. The largest absolute Gasteiger partial charge is 0.0616 e. The van der Waals surface area contributed by atoms with Gasteiger partial charge in [0, 0.05) is 0 Å². The fraction of sp³-hybridized carbons (Fsp3) is 0.111. The van der Waals surface area contributed by atoms with E-state index in [1.54, 1.807) is 0 Å². The molecule has 18 heavy (non-hydrogen) atoms. The van der Waals surface area contributed by atoms with E-state index in [-0.39, 0.29) is 0 Å². The Kier molecular flexibility index (Phi) is 2.64. The van der Waals surface area contributed by atoms with Crippen molar-refractivity contribution in [3.05, 3.63) is 71.8 Å². The molecule has 0 aliphatic carbocycles. The summed E-state index contributed by atoms with van der Waals surface area (Å²) in [6.45, 7) is 4.23. The molecule has 0 nitrogen and oxygen atoms in total. The van der Waals surface area contributed by atoms with Crippen LogP contribution in [-0.4, -0.2) is 0 Å². The SMILES string of the molecule is Cc1[c]c(-c2cccc3ccccc23)cc(C)c1. The van der Waals surface area contributed by atoms with Gasteiger partial charge in [-0.1, -0.05) is 60.2 Å². The third-order valence-electron chi connectivity index (χ3n) is 3.23. The summed E-state index contributed by atoms with van der Waals surface area (Å²) in [5, 5.41) is 2.57. The molecule has 0 aliphatic rings. The first-order valence-corrected chi connectivity index (χ1v) is 6.23. The van der Waals surface area contributed by atoms with E-state index in [2.05, 4.69) is 74.5 Å². The molecule has 0 atom stereocenters. The van der Waals surface area contributed by atoms with E-state index in [0.29, 0.717) is 0 Å². The van der Waals surface area contributed by atoms with Gasteiger partial charge in [0.1, 0.15) is 0 Å². The maximum absolute atomic E-state index is 3.46. The summed E-state index contributed by atoms with van der Waals surface area (Å²) in [6, 6.07) is 22.8. The average Bonchev–Trinajstić information content (AvgIpc) is 2.37. The topological polar surface area (TPSA) is 0 Å². The quantitative estimate of drug-likeness (QED) is 0.557. The predicted octanol–water partition coefficient (Wildman–Crippen LogP) is 4.92. The summed E-state index contributed by atoms with van der Waals surface area (Å²) < 4.78 is 0. The molecule has 0 spiro atoms. The van der Waals surface area contributed by atoms with Gasteiger partial charge in [0.25, 0.3) is 0 Å². The van der Waals surface area contributed by atoms with Gasteiger partial charge in [0.05, 0.1) is 0 Å². The summed E-state index contributed by atoms with van der Waals surface area (Å²) >= 11 is 0. The Morgan fingerprint density at radius 1 is 0.833 bits per heavy atom. The Hall–Kier alpha value is -2.08. The standard InChI is InChI=1S/C18H15/c1-13-10-14(2)12-16(11-13)18-9-5-7-15-6-3-4-8-17(15)18/h3-11H,1-2H3. The van der Waals surface area contributed by atoms with Crippen molar-refractivity contribution >= 4 is 10.8 Å². The minimum Gasteiger partial charge on any atom is -0.0616 e. The first-order valence-electron chi connectivity index (χ1n) is 6.23. The van der Waals surface area contributed by atoms with Gasteiger partial charge in [-0.25, -0.2) is 0 Å². The molecule has 0 N–H and O–H groups in total. The average molecular weight is 231 g/mol. The molecule has 3 aromatic rings. The van der Waals surface area contributed by atoms with Gasteiger partial charge < -0.3 is 0 Å². The van der Waals surface area contributed by atoms with Crippen LogP contribution in [0.2, 0.25) is 0 Å². The second-order valence-electron chi connectivity index (χ2n) is 4.78. The van der Waals surface area contributed by atoms with Gasteiger partial charge in [0.15, 0.2) is 0 Å². The predicted molar refractivity (Wildman–Crippen MR) is 77.7 cm³/mol. The monoisotopic (exact) mass is 231 g/mol. The van der Waals surface area contributed by atoms with Crippen molar-refractivity contribution < 1.29 is 0 Å². The molecule has 0 unspecified atom stereocenters. The highest BCUT2D eigenvalue weighted by atomic mass is 14.1. The number of benzene rings is 3. The zero-order valence-electron chi connectivity index (χ0n) is 10.7. The van der Waals surface area contributed by atoms with Crippen molar-refractivity contribution in [2.45, 2.75) is 13.8 Å². The normalized spacial score (nSPS) is 10.8. The first-order chi connectivity index (χ1) is 8.74. The van der Waals surface area contributed by atoms with Gasteiger partial charge in [-0.15, -0.1) is 0 Å². The molecule has 0 heteroatoms. The van der Waals surface area contributed by atoms with Crippen molar-refractivity contribution in [1.82, 2.24) is 0 Å². The van der Waals surface area contributed by atoms with Crippen molar-refractivity contribution in [3.8, 4) is 11.1 Å². The molecular formula is C18H15. The smallest absolute Gasteiger partial charge is 0.00668 e. The van der Waals surface area contributed by atoms with Crippen LogP contribution in [0.1, 0.15) is 11.1 Å². The lowest BCUT2D eigenvalue weighted by molar-refractivity contribution is 1.38. The highest BCUT2D eigenvalue weighted by Crippen LogP contribution is 2.29. The second-order valence-corrected chi connectivity index (χ2v) is 4.78. The highest BCUT2D eigenvalue weighted by Gasteiger charge is 2.04. The summed E-state index contributed by atoms with van der Waals surface area (Å²) in [4.78, 5) is 0. The molecule has 87 valence electrons. The Balaban J connectivity index is 2.31. The van der Waals surface area contributed by atoms with Crippen LogP contribution in [0.25, 0.3) is 21.9 Å². The van der Waals surface area contributed by atoms with Gasteiger partial charge in [-0.3, -0.25) is 0 Å². The Labute approximate surface area is 108 Å². The van der Waals surface area contributed by atoms with Crippen molar-refractivity contribution in [2.75, 3.05) is 0 Å². The van der Waals surface area contributed by atoms with Gasteiger partial charge in [-0.2, -0.15) is 0 Å². The molecule has 0 saturated carbocycles. The van der Waals surface area contributed by atoms with Crippen LogP contribution >= 0.6 is 0 Å².